The Bertz CT molecular complexity index is 401. The molecule has 1 aromatic rings. The Morgan fingerprint density at radius 1 is 1.21 bits per heavy atom. The molecule has 104 valence electrons. The van der Waals surface area contributed by atoms with Crippen LogP contribution in [-0.4, -0.2) is 20.8 Å². The number of benzene rings is 1. The van der Waals surface area contributed by atoms with Crippen molar-refractivity contribution in [3.63, 3.8) is 0 Å². The molecule has 0 aliphatic heterocycles. The van der Waals surface area contributed by atoms with E-state index in [1.54, 1.807) is 14.2 Å². The van der Waals surface area contributed by atoms with E-state index in [1.807, 2.05) is 18.2 Å². The molecule has 0 saturated carbocycles. The minimum absolute atomic E-state index is 0.236. The third-order valence-corrected chi connectivity index (χ3v) is 2.99. The van der Waals surface area contributed by atoms with Crippen molar-refractivity contribution in [2.45, 2.75) is 32.2 Å². The van der Waals surface area contributed by atoms with Gasteiger partial charge in [-0.2, -0.15) is 0 Å². The van der Waals surface area contributed by atoms with Crippen LogP contribution in [0.1, 0.15) is 37.8 Å². The molecule has 0 saturated heterocycles. The van der Waals surface area contributed by atoms with E-state index < -0.39 is 0 Å². The Hall–Kier alpha value is -1.66. The largest absolute Gasteiger partial charge is 0.497 e. The summed E-state index contributed by atoms with van der Waals surface area (Å²) < 4.78 is 10.6. The maximum absolute atomic E-state index is 5.37. The van der Waals surface area contributed by atoms with E-state index >= 15 is 0 Å². The zero-order valence-corrected chi connectivity index (χ0v) is 12.0. The van der Waals surface area contributed by atoms with E-state index in [0.29, 0.717) is 0 Å². The Labute approximate surface area is 116 Å². The van der Waals surface area contributed by atoms with Gasteiger partial charge in [0, 0.05) is 18.5 Å². The van der Waals surface area contributed by atoms with Gasteiger partial charge in [0.2, 0.25) is 0 Å². The molecule has 3 heteroatoms. The Morgan fingerprint density at radius 3 is 2.32 bits per heavy atom. The number of rotatable bonds is 8. The lowest BCUT2D eigenvalue weighted by Crippen LogP contribution is -2.22. The summed E-state index contributed by atoms with van der Waals surface area (Å²) in [5.41, 5.74) is 1.15. The molecule has 1 N–H and O–H groups in total. The molecular weight excluding hydrogens is 238 g/mol. The van der Waals surface area contributed by atoms with Crippen LogP contribution in [0.4, 0.5) is 0 Å². The first kappa shape index (κ1) is 15.4. The van der Waals surface area contributed by atoms with Crippen molar-refractivity contribution in [3.8, 4) is 23.8 Å². The van der Waals surface area contributed by atoms with Crippen LogP contribution < -0.4 is 14.8 Å². The van der Waals surface area contributed by atoms with Crippen LogP contribution in [0.15, 0.2) is 18.2 Å². The van der Waals surface area contributed by atoms with E-state index in [9.17, 15) is 0 Å². The van der Waals surface area contributed by atoms with Crippen molar-refractivity contribution in [1.82, 2.24) is 5.32 Å². The van der Waals surface area contributed by atoms with E-state index in [0.717, 1.165) is 42.9 Å². The minimum Gasteiger partial charge on any atom is -0.497 e. The molecule has 0 aromatic heterocycles. The maximum atomic E-state index is 5.37. The van der Waals surface area contributed by atoms with Crippen LogP contribution in [0.2, 0.25) is 0 Å². The number of hydrogen-bond donors (Lipinski definition) is 1. The van der Waals surface area contributed by atoms with E-state index in [2.05, 4.69) is 18.2 Å². The van der Waals surface area contributed by atoms with Crippen LogP contribution in [0, 0.1) is 12.3 Å². The molecule has 0 fully saturated rings. The first-order valence-electron chi connectivity index (χ1n) is 6.65. The summed E-state index contributed by atoms with van der Waals surface area (Å²) in [6, 6.07) is 6.18. The number of nitrogens with one attached hydrogen (secondary N) is 1. The summed E-state index contributed by atoms with van der Waals surface area (Å²) in [5, 5.41) is 3.52. The van der Waals surface area contributed by atoms with Gasteiger partial charge in [-0.3, -0.25) is 0 Å². The number of terminal acetylenes is 1. The van der Waals surface area contributed by atoms with Crippen molar-refractivity contribution in [1.29, 1.82) is 0 Å². The summed E-state index contributed by atoms with van der Waals surface area (Å²) in [6.45, 7) is 3.12. The van der Waals surface area contributed by atoms with Crippen molar-refractivity contribution in [3.05, 3.63) is 23.8 Å². The highest BCUT2D eigenvalue weighted by atomic mass is 16.5. The first-order chi connectivity index (χ1) is 9.24. The molecule has 0 spiro atoms. The Morgan fingerprint density at radius 2 is 1.84 bits per heavy atom. The van der Waals surface area contributed by atoms with Gasteiger partial charge in [0.1, 0.15) is 11.5 Å². The van der Waals surface area contributed by atoms with Gasteiger partial charge >= 0.3 is 0 Å². The summed E-state index contributed by atoms with van der Waals surface area (Å²) in [4.78, 5) is 0. The van der Waals surface area contributed by atoms with Gasteiger partial charge in [-0.15, -0.1) is 12.3 Å². The highest BCUT2D eigenvalue weighted by Gasteiger charge is 2.12. The minimum atomic E-state index is 0.236. The van der Waals surface area contributed by atoms with Gasteiger partial charge in [0.05, 0.1) is 14.2 Å². The molecule has 1 rings (SSSR count). The fourth-order valence-electron chi connectivity index (χ4n) is 1.96. The molecule has 19 heavy (non-hydrogen) atoms. The quantitative estimate of drug-likeness (QED) is 0.729. The van der Waals surface area contributed by atoms with E-state index in [1.165, 1.54) is 0 Å². The van der Waals surface area contributed by atoms with E-state index in [-0.39, 0.29) is 6.04 Å². The Kier molecular flexibility index (Phi) is 6.84. The van der Waals surface area contributed by atoms with Crippen molar-refractivity contribution in [2.75, 3.05) is 20.8 Å². The zero-order chi connectivity index (χ0) is 14.1. The van der Waals surface area contributed by atoms with Crippen molar-refractivity contribution >= 4 is 0 Å². The van der Waals surface area contributed by atoms with Gasteiger partial charge in [-0.1, -0.05) is 6.92 Å². The van der Waals surface area contributed by atoms with Gasteiger partial charge in [-0.25, -0.2) is 0 Å². The highest BCUT2D eigenvalue weighted by Crippen LogP contribution is 2.28. The van der Waals surface area contributed by atoms with Crippen LogP contribution >= 0.6 is 0 Å². The van der Waals surface area contributed by atoms with Crippen LogP contribution in [0.3, 0.4) is 0 Å². The normalized spacial score (nSPS) is 11.7. The molecule has 1 unspecified atom stereocenters. The van der Waals surface area contributed by atoms with Crippen molar-refractivity contribution in [2.24, 2.45) is 0 Å². The lowest BCUT2D eigenvalue weighted by Gasteiger charge is -2.19. The molecule has 0 aliphatic rings. The summed E-state index contributed by atoms with van der Waals surface area (Å²) in [7, 11) is 3.32. The molecule has 1 aromatic carbocycles. The predicted molar refractivity (Wildman–Crippen MR) is 78.6 cm³/mol. The fourth-order valence-corrected chi connectivity index (χ4v) is 1.96. The number of ether oxygens (including phenoxy) is 2. The van der Waals surface area contributed by atoms with Crippen LogP contribution in [0.25, 0.3) is 0 Å². The predicted octanol–water partition coefficient (Wildman–Crippen LogP) is 3.16. The van der Waals surface area contributed by atoms with Gasteiger partial charge in [0.15, 0.2) is 0 Å². The Balaban J connectivity index is 2.95. The molecular formula is C16H23NO2. The number of methoxy groups -OCH3 is 2. The first-order valence-corrected chi connectivity index (χ1v) is 6.65. The van der Waals surface area contributed by atoms with Crippen LogP contribution in [0.5, 0.6) is 11.5 Å². The average Bonchev–Trinajstić information content (AvgIpc) is 2.46. The molecule has 0 bridgehead atoms. The zero-order valence-electron chi connectivity index (χ0n) is 12.0. The van der Waals surface area contributed by atoms with Crippen molar-refractivity contribution < 1.29 is 9.47 Å². The standard InChI is InChI=1S/C16H23NO2/c1-5-7-8-16(17-9-6-2)13-10-14(18-3)12-15(11-13)19-4/h1,10-12,16-17H,6-9H2,2-4H3. The summed E-state index contributed by atoms with van der Waals surface area (Å²) >= 11 is 0. The smallest absolute Gasteiger partial charge is 0.122 e. The lowest BCUT2D eigenvalue weighted by molar-refractivity contribution is 0.390. The third kappa shape index (κ3) is 4.84. The second kappa shape index (κ2) is 8.44. The van der Waals surface area contributed by atoms with Crippen LogP contribution in [-0.2, 0) is 0 Å². The summed E-state index contributed by atoms with van der Waals surface area (Å²) in [6.07, 6.45) is 8.12. The van der Waals surface area contributed by atoms with E-state index in [4.69, 9.17) is 15.9 Å². The van der Waals surface area contributed by atoms with Gasteiger partial charge in [-0.05, 0) is 37.1 Å². The second-order valence-electron chi connectivity index (χ2n) is 4.40. The van der Waals surface area contributed by atoms with Gasteiger partial charge in [0.25, 0.3) is 0 Å². The van der Waals surface area contributed by atoms with Gasteiger partial charge < -0.3 is 14.8 Å². The third-order valence-electron chi connectivity index (χ3n) is 2.99. The SMILES string of the molecule is C#CCCC(NCCC)c1cc(OC)cc(OC)c1. The maximum Gasteiger partial charge on any atom is 0.122 e. The highest BCUT2D eigenvalue weighted by molar-refractivity contribution is 5.39. The second-order valence-corrected chi connectivity index (χ2v) is 4.40. The lowest BCUT2D eigenvalue weighted by atomic mass is 10.0. The molecule has 1 atom stereocenters. The molecule has 0 aliphatic carbocycles. The number of hydrogen-bond acceptors (Lipinski definition) is 3. The molecule has 0 amide bonds. The summed E-state index contributed by atoms with van der Waals surface area (Å²) in [5.74, 6) is 4.31. The molecule has 0 radical (unpaired) electrons. The topological polar surface area (TPSA) is 30.5 Å². The average molecular weight is 261 g/mol. The molecule has 0 heterocycles. The monoisotopic (exact) mass is 261 g/mol. The fraction of sp³-hybridized carbons (Fsp3) is 0.500. The molecule has 3 nitrogen and oxygen atoms in total.